The molecule has 0 N–H and O–H groups in total. The predicted octanol–water partition coefficient (Wildman–Crippen LogP) is 5.02. The predicted molar refractivity (Wildman–Crippen MR) is 92.8 cm³/mol. The molecule has 0 aliphatic heterocycles. The summed E-state index contributed by atoms with van der Waals surface area (Å²) < 4.78 is 0. The molecule has 2 nitrogen and oxygen atoms in total. The third-order valence-corrected chi connectivity index (χ3v) is 5.60. The van der Waals surface area contributed by atoms with Crippen molar-refractivity contribution in [3.8, 4) is 20.2 Å². The van der Waals surface area contributed by atoms with Gasteiger partial charge in [-0.1, -0.05) is 12.1 Å². The fraction of sp³-hybridized carbons (Fsp3) is 0.118. The average Bonchev–Trinajstić information content (AvgIpc) is 3.16. The molecule has 2 heterocycles. The van der Waals surface area contributed by atoms with Gasteiger partial charge >= 0.3 is 0 Å². The van der Waals surface area contributed by atoms with Gasteiger partial charge in [0.25, 0.3) is 0 Å². The summed E-state index contributed by atoms with van der Waals surface area (Å²) in [6, 6.07) is 16.7. The van der Waals surface area contributed by atoms with Crippen LogP contribution in [0.1, 0.15) is 9.67 Å². The SMILES string of the molecule is CN(C)c1ccc(-c2ccc(-c3ccc(C=O)s3)s2)cc1. The van der Waals surface area contributed by atoms with Crippen LogP contribution < -0.4 is 4.90 Å². The highest BCUT2D eigenvalue weighted by molar-refractivity contribution is 7.24. The molecule has 0 aliphatic carbocycles. The van der Waals surface area contributed by atoms with E-state index in [1.165, 1.54) is 32.3 Å². The number of benzene rings is 1. The van der Waals surface area contributed by atoms with Crippen molar-refractivity contribution in [3.05, 3.63) is 53.4 Å². The zero-order chi connectivity index (χ0) is 14.8. The van der Waals surface area contributed by atoms with E-state index in [2.05, 4.69) is 41.3 Å². The molecule has 0 saturated carbocycles. The van der Waals surface area contributed by atoms with Gasteiger partial charge in [0, 0.05) is 34.4 Å². The van der Waals surface area contributed by atoms with Crippen LogP contribution in [-0.4, -0.2) is 20.4 Å². The molecule has 4 heteroatoms. The van der Waals surface area contributed by atoms with E-state index < -0.39 is 0 Å². The third kappa shape index (κ3) is 2.91. The molecule has 1 aromatic carbocycles. The summed E-state index contributed by atoms with van der Waals surface area (Å²) in [5, 5.41) is 0. The summed E-state index contributed by atoms with van der Waals surface area (Å²) in [4.78, 5) is 17.2. The molecular weight excluding hydrogens is 298 g/mol. The lowest BCUT2D eigenvalue weighted by molar-refractivity contribution is 0.112. The van der Waals surface area contributed by atoms with E-state index in [1.54, 1.807) is 11.3 Å². The van der Waals surface area contributed by atoms with E-state index in [0.29, 0.717) is 0 Å². The van der Waals surface area contributed by atoms with Crippen LogP contribution in [-0.2, 0) is 0 Å². The number of hydrogen-bond donors (Lipinski definition) is 0. The maximum Gasteiger partial charge on any atom is 0.160 e. The molecule has 106 valence electrons. The molecule has 0 unspecified atom stereocenters. The Balaban J connectivity index is 1.88. The number of thiophene rings is 2. The normalized spacial score (nSPS) is 10.6. The van der Waals surface area contributed by atoms with Crippen molar-refractivity contribution in [2.75, 3.05) is 19.0 Å². The number of anilines is 1. The number of rotatable bonds is 4. The van der Waals surface area contributed by atoms with E-state index >= 15 is 0 Å². The Morgan fingerprint density at radius 2 is 1.43 bits per heavy atom. The summed E-state index contributed by atoms with van der Waals surface area (Å²) >= 11 is 3.29. The van der Waals surface area contributed by atoms with E-state index in [0.717, 1.165) is 16.0 Å². The Kier molecular flexibility index (Phi) is 3.90. The summed E-state index contributed by atoms with van der Waals surface area (Å²) in [7, 11) is 4.08. The van der Waals surface area contributed by atoms with Gasteiger partial charge in [0.05, 0.1) is 4.88 Å². The summed E-state index contributed by atoms with van der Waals surface area (Å²) in [5.41, 5.74) is 2.42. The molecular formula is C17H15NOS2. The first-order valence-electron chi connectivity index (χ1n) is 6.60. The number of carbonyl (C=O) groups is 1. The molecule has 0 saturated heterocycles. The van der Waals surface area contributed by atoms with Crippen LogP contribution in [0, 0.1) is 0 Å². The van der Waals surface area contributed by atoms with Crippen LogP contribution in [0.3, 0.4) is 0 Å². The van der Waals surface area contributed by atoms with Crippen LogP contribution in [0.25, 0.3) is 20.2 Å². The van der Waals surface area contributed by atoms with Gasteiger partial charge in [0.15, 0.2) is 6.29 Å². The maximum absolute atomic E-state index is 10.8. The molecule has 0 radical (unpaired) electrons. The van der Waals surface area contributed by atoms with Gasteiger partial charge in [0.2, 0.25) is 0 Å². The van der Waals surface area contributed by atoms with Crippen LogP contribution in [0.4, 0.5) is 5.69 Å². The first-order valence-corrected chi connectivity index (χ1v) is 8.23. The first-order chi connectivity index (χ1) is 10.2. The minimum atomic E-state index is 0.773. The molecule has 21 heavy (non-hydrogen) atoms. The molecule has 0 fully saturated rings. The highest BCUT2D eigenvalue weighted by atomic mass is 32.1. The largest absolute Gasteiger partial charge is 0.378 e. The molecule has 0 aliphatic rings. The standard InChI is InChI=1S/C17H15NOS2/c1-18(2)13-5-3-12(4-6-13)15-9-10-17(21-15)16-8-7-14(11-19)20-16/h3-11H,1-2H3. The Morgan fingerprint density at radius 3 is 2.05 bits per heavy atom. The highest BCUT2D eigenvalue weighted by Crippen LogP contribution is 2.37. The Bertz CT molecular complexity index is 753. The number of hydrogen-bond acceptors (Lipinski definition) is 4. The fourth-order valence-electron chi connectivity index (χ4n) is 2.10. The van der Waals surface area contributed by atoms with Crippen LogP contribution >= 0.6 is 22.7 Å². The minimum Gasteiger partial charge on any atom is -0.378 e. The molecule has 3 aromatic rings. The monoisotopic (exact) mass is 313 g/mol. The van der Waals surface area contributed by atoms with Crippen LogP contribution in [0.2, 0.25) is 0 Å². The lowest BCUT2D eigenvalue weighted by atomic mass is 10.1. The van der Waals surface area contributed by atoms with Gasteiger partial charge in [-0.2, -0.15) is 0 Å². The van der Waals surface area contributed by atoms with Crippen molar-refractivity contribution < 1.29 is 4.79 Å². The lowest BCUT2D eigenvalue weighted by Crippen LogP contribution is -2.07. The van der Waals surface area contributed by atoms with Crippen molar-refractivity contribution in [1.82, 2.24) is 0 Å². The maximum atomic E-state index is 10.8. The Hall–Kier alpha value is -1.91. The second-order valence-electron chi connectivity index (χ2n) is 4.93. The van der Waals surface area contributed by atoms with Crippen molar-refractivity contribution in [2.45, 2.75) is 0 Å². The molecule has 0 spiro atoms. The lowest BCUT2D eigenvalue weighted by Gasteiger charge is -2.12. The third-order valence-electron chi connectivity index (χ3n) is 3.26. The number of nitrogens with zero attached hydrogens (tertiary/aromatic N) is 1. The Morgan fingerprint density at radius 1 is 0.810 bits per heavy atom. The number of carbonyl (C=O) groups excluding carboxylic acids is 1. The van der Waals surface area contributed by atoms with Gasteiger partial charge in [-0.15, -0.1) is 22.7 Å². The molecule has 0 atom stereocenters. The molecule has 3 rings (SSSR count). The minimum absolute atomic E-state index is 0.773. The second kappa shape index (κ2) is 5.84. The van der Waals surface area contributed by atoms with E-state index in [1.807, 2.05) is 26.2 Å². The zero-order valence-electron chi connectivity index (χ0n) is 11.9. The average molecular weight is 313 g/mol. The molecule has 0 bridgehead atoms. The fourth-order valence-corrected chi connectivity index (χ4v) is 4.02. The smallest absolute Gasteiger partial charge is 0.160 e. The van der Waals surface area contributed by atoms with E-state index in [4.69, 9.17) is 0 Å². The van der Waals surface area contributed by atoms with Crippen molar-refractivity contribution in [2.24, 2.45) is 0 Å². The number of aldehydes is 1. The zero-order valence-corrected chi connectivity index (χ0v) is 13.5. The first kappa shape index (κ1) is 14.0. The van der Waals surface area contributed by atoms with Crippen molar-refractivity contribution in [3.63, 3.8) is 0 Å². The molecule has 0 amide bonds. The summed E-state index contributed by atoms with van der Waals surface area (Å²) in [6.07, 6.45) is 0.905. The molecule has 2 aromatic heterocycles. The summed E-state index contributed by atoms with van der Waals surface area (Å²) in [6.45, 7) is 0. The van der Waals surface area contributed by atoms with Crippen LogP contribution in [0.15, 0.2) is 48.5 Å². The van der Waals surface area contributed by atoms with Gasteiger partial charge in [-0.05, 0) is 42.0 Å². The van der Waals surface area contributed by atoms with Gasteiger partial charge in [0.1, 0.15) is 0 Å². The highest BCUT2D eigenvalue weighted by Gasteiger charge is 2.07. The van der Waals surface area contributed by atoms with E-state index in [9.17, 15) is 4.79 Å². The second-order valence-corrected chi connectivity index (χ2v) is 7.12. The van der Waals surface area contributed by atoms with Crippen molar-refractivity contribution in [1.29, 1.82) is 0 Å². The van der Waals surface area contributed by atoms with E-state index in [-0.39, 0.29) is 0 Å². The van der Waals surface area contributed by atoms with Gasteiger partial charge in [-0.3, -0.25) is 4.79 Å². The van der Waals surface area contributed by atoms with Crippen LogP contribution in [0.5, 0.6) is 0 Å². The van der Waals surface area contributed by atoms with Gasteiger partial charge in [-0.25, -0.2) is 0 Å². The summed E-state index contributed by atoms with van der Waals surface area (Å²) in [5.74, 6) is 0. The van der Waals surface area contributed by atoms with Crippen molar-refractivity contribution >= 4 is 34.6 Å². The quantitative estimate of drug-likeness (QED) is 0.630. The topological polar surface area (TPSA) is 20.3 Å². The Labute approximate surface area is 132 Å². The van der Waals surface area contributed by atoms with Gasteiger partial charge < -0.3 is 4.90 Å².